The standard InChI is InChI=1S/C14H16F5NO2/c1-21-11-7-10(14(17,18)19)12(22-13(15)16)6-8(11)5-9-3-2-4-20-9/h6-7,9,13,20H,2-5H2,1H3/t9-/m0/s1. The van der Waals surface area contributed by atoms with Gasteiger partial charge in [-0.1, -0.05) is 0 Å². The van der Waals surface area contributed by atoms with Crippen molar-refractivity contribution in [2.24, 2.45) is 0 Å². The molecule has 0 radical (unpaired) electrons. The van der Waals surface area contributed by atoms with Gasteiger partial charge in [-0.25, -0.2) is 0 Å². The highest BCUT2D eigenvalue weighted by Gasteiger charge is 2.36. The van der Waals surface area contributed by atoms with Crippen molar-refractivity contribution in [2.45, 2.75) is 38.1 Å². The molecular formula is C14H16F5NO2. The maximum atomic E-state index is 13.0. The van der Waals surface area contributed by atoms with Gasteiger partial charge in [-0.05, 0) is 43.5 Å². The van der Waals surface area contributed by atoms with Crippen molar-refractivity contribution in [3.8, 4) is 11.5 Å². The summed E-state index contributed by atoms with van der Waals surface area (Å²) < 4.78 is 72.7. The average molecular weight is 325 g/mol. The van der Waals surface area contributed by atoms with Gasteiger partial charge in [-0.3, -0.25) is 0 Å². The number of benzene rings is 1. The van der Waals surface area contributed by atoms with Crippen molar-refractivity contribution in [3.63, 3.8) is 0 Å². The fraction of sp³-hybridized carbons (Fsp3) is 0.571. The molecule has 1 aliphatic heterocycles. The Balaban J connectivity index is 2.39. The fourth-order valence-corrected chi connectivity index (χ4v) is 2.56. The number of halogens is 5. The van der Waals surface area contributed by atoms with E-state index in [-0.39, 0.29) is 11.8 Å². The van der Waals surface area contributed by atoms with Crippen LogP contribution in [0.15, 0.2) is 12.1 Å². The Morgan fingerprint density at radius 3 is 2.50 bits per heavy atom. The van der Waals surface area contributed by atoms with E-state index in [9.17, 15) is 22.0 Å². The zero-order chi connectivity index (χ0) is 16.3. The zero-order valence-electron chi connectivity index (χ0n) is 11.8. The minimum atomic E-state index is -4.80. The molecule has 0 saturated carbocycles. The van der Waals surface area contributed by atoms with Gasteiger partial charge in [0.1, 0.15) is 17.1 Å². The van der Waals surface area contributed by atoms with Gasteiger partial charge in [0.2, 0.25) is 0 Å². The van der Waals surface area contributed by atoms with Crippen molar-refractivity contribution in [2.75, 3.05) is 13.7 Å². The molecule has 1 aliphatic rings. The lowest BCUT2D eigenvalue weighted by Crippen LogP contribution is -2.24. The van der Waals surface area contributed by atoms with E-state index in [1.165, 1.54) is 7.11 Å². The van der Waals surface area contributed by atoms with Gasteiger partial charge in [0, 0.05) is 6.04 Å². The molecule has 0 aliphatic carbocycles. The Kier molecular flexibility index (Phi) is 5.10. The summed E-state index contributed by atoms with van der Waals surface area (Å²) >= 11 is 0. The number of ether oxygens (including phenoxy) is 2. The number of hydrogen-bond acceptors (Lipinski definition) is 3. The van der Waals surface area contributed by atoms with Crippen LogP contribution in [0.5, 0.6) is 11.5 Å². The molecule has 0 unspecified atom stereocenters. The van der Waals surface area contributed by atoms with Gasteiger partial charge in [-0.2, -0.15) is 22.0 Å². The lowest BCUT2D eigenvalue weighted by Gasteiger charge is -2.19. The first-order valence-corrected chi connectivity index (χ1v) is 6.77. The molecule has 1 heterocycles. The lowest BCUT2D eigenvalue weighted by molar-refractivity contribution is -0.142. The third kappa shape index (κ3) is 4.00. The zero-order valence-corrected chi connectivity index (χ0v) is 11.8. The van der Waals surface area contributed by atoms with Gasteiger partial charge in [0.05, 0.1) is 7.11 Å². The summed E-state index contributed by atoms with van der Waals surface area (Å²) in [6, 6.07) is 1.79. The largest absolute Gasteiger partial charge is 0.496 e. The van der Waals surface area contributed by atoms with Crippen LogP contribution in [0.3, 0.4) is 0 Å². The van der Waals surface area contributed by atoms with Gasteiger partial charge in [0.25, 0.3) is 0 Å². The van der Waals surface area contributed by atoms with Crippen LogP contribution in [0.1, 0.15) is 24.0 Å². The Bertz CT molecular complexity index is 513. The van der Waals surface area contributed by atoms with E-state index in [1.54, 1.807) is 0 Å². The highest BCUT2D eigenvalue weighted by molar-refractivity contribution is 5.48. The maximum Gasteiger partial charge on any atom is 0.420 e. The molecule has 1 atom stereocenters. The summed E-state index contributed by atoms with van der Waals surface area (Å²) in [5.41, 5.74) is -0.863. The molecule has 1 N–H and O–H groups in total. The smallest absolute Gasteiger partial charge is 0.420 e. The van der Waals surface area contributed by atoms with Gasteiger partial charge in [-0.15, -0.1) is 0 Å². The molecule has 1 fully saturated rings. The summed E-state index contributed by atoms with van der Waals surface area (Å²) in [5.74, 6) is -0.862. The van der Waals surface area contributed by atoms with Crippen molar-refractivity contribution < 1.29 is 31.4 Å². The first kappa shape index (κ1) is 16.8. The second kappa shape index (κ2) is 6.68. The second-order valence-electron chi connectivity index (χ2n) is 5.03. The normalized spacial score (nSPS) is 18.8. The van der Waals surface area contributed by atoms with E-state index in [4.69, 9.17) is 4.74 Å². The third-order valence-electron chi connectivity index (χ3n) is 3.53. The summed E-state index contributed by atoms with van der Waals surface area (Å²) in [5, 5.41) is 3.19. The molecule has 0 aromatic heterocycles. The molecule has 0 bridgehead atoms. The Morgan fingerprint density at radius 2 is 2.00 bits per heavy atom. The molecule has 22 heavy (non-hydrogen) atoms. The fourth-order valence-electron chi connectivity index (χ4n) is 2.56. The van der Waals surface area contributed by atoms with E-state index in [1.807, 2.05) is 0 Å². The number of nitrogens with one attached hydrogen (secondary N) is 1. The summed E-state index contributed by atoms with van der Waals surface area (Å²) in [7, 11) is 1.24. The van der Waals surface area contributed by atoms with Crippen LogP contribution >= 0.6 is 0 Å². The monoisotopic (exact) mass is 325 g/mol. The van der Waals surface area contributed by atoms with E-state index >= 15 is 0 Å². The van der Waals surface area contributed by atoms with Crippen LogP contribution in [0.4, 0.5) is 22.0 Å². The van der Waals surface area contributed by atoms with Crippen LogP contribution in [0.25, 0.3) is 0 Å². The Morgan fingerprint density at radius 1 is 1.27 bits per heavy atom. The maximum absolute atomic E-state index is 13.0. The number of methoxy groups -OCH3 is 1. The minimum Gasteiger partial charge on any atom is -0.496 e. The first-order valence-electron chi connectivity index (χ1n) is 6.77. The number of rotatable bonds is 5. The predicted octanol–water partition coefficient (Wildman–Crippen LogP) is 3.61. The van der Waals surface area contributed by atoms with Crippen molar-refractivity contribution in [1.82, 2.24) is 5.32 Å². The molecule has 124 valence electrons. The van der Waals surface area contributed by atoms with Crippen molar-refractivity contribution in [1.29, 1.82) is 0 Å². The van der Waals surface area contributed by atoms with E-state index in [0.717, 1.165) is 25.5 Å². The number of alkyl halides is 5. The van der Waals surface area contributed by atoms with Crippen LogP contribution in [0.2, 0.25) is 0 Å². The van der Waals surface area contributed by atoms with Crippen LogP contribution in [0, 0.1) is 0 Å². The Hall–Kier alpha value is -1.57. The molecule has 1 aromatic carbocycles. The quantitative estimate of drug-likeness (QED) is 0.839. The summed E-state index contributed by atoms with van der Waals surface area (Å²) in [6.07, 6.45) is -2.58. The van der Waals surface area contributed by atoms with Crippen LogP contribution < -0.4 is 14.8 Å². The van der Waals surface area contributed by atoms with E-state index < -0.39 is 24.1 Å². The Labute approximate surface area is 124 Å². The van der Waals surface area contributed by atoms with Crippen molar-refractivity contribution >= 4 is 0 Å². The summed E-state index contributed by atoms with van der Waals surface area (Å²) in [4.78, 5) is 0. The molecule has 1 saturated heterocycles. The van der Waals surface area contributed by atoms with Gasteiger partial charge >= 0.3 is 12.8 Å². The van der Waals surface area contributed by atoms with Crippen LogP contribution in [-0.4, -0.2) is 26.3 Å². The molecule has 0 spiro atoms. The summed E-state index contributed by atoms with van der Waals surface area (Å²) in [6.45, 7) is -2.50. The SMILES string of the molecule is COc1cc(C(F)(F)F)c(OC(F)F)cc1C[C@@H]1CCCN1. The highest BCUT2D eigenvalue weighted by Crippen LogP contribution is 2.41. The van der Waals surface area contributed by atoms with E-state index in [2.05, 4.69) is 10.1 Å². The second-order valence-corrected chi connectivity index (χ2v) is 5.03. The average Bonchev–Trinajstić information content (AvgIpc) is 2.89. The number of hydrogen-bond donors (Lipinski definition) is 1. The van der Waals surface area contributed by atoms with Crippen LogP contribution in [-0.2, 0) is 12.6 Å². The topological polar surface area (TPSA) is 30.5 Å². The van der Waals surface area contributed by atoms with E-state index in [0.29, 0.717) is 18.1 Å². The van der Waals surface area contributed by atoms with Gasteiger partial charge < -0.3 is 14.8 Å². The molecule has 1 aromatic rings. The van der Waals surface area contributed by atoms with Gasteiger partial charge in [0.15, 0.2) is 0 Å². The third-order valence-corrected chi connectivity index (χ3v) is 3.53. The predicted molar refractivity (Wildman–Crippen MR) is 69.4 cm³/mol. The molecule has 3 nitrogen and oxygen atoms in total. The molecule has 2 rings (SSSR count). The molecule has 8 heteroatoms. The lowest BCUT2D eigenvalue weighted by atomic mass is 10.0. The molecule has 0 amide bonds. The first-order chi connectivity index (χ1) is 10.3. The highest BCUT2D eigenvalue weighted by atomic mass is 19.4. The molecular weight excluding hydrogens is 309 g/mol. The van der Waals surface area contributed by atoms with Crippen molar-refractivity contribution in [3.05, 3.63) is 23.3 Å². The minimum absolute atomic E-state index is 0.0163.